The van der Waals surface area contributed by atoms with E-state index in [-0.39, 0.29) is 6.03 Å². The number of urea groups is 1. The number of rotatable bonds is 6. The number of carbonyl (C=O) groups is 1. The molecule has 2 amide bonds. The standard InChI is InChI=1S/C17H24N2O/c1-12-4-2-3-5-13(12)10-11-18-17(20)19-16(14-6-7-14)15-8-9-15/h2-5,14-16H,6-11H2,1H3,(H2,18,19,20). The number of amides is 2. The summed E-state index contributed by atoms with van der Waals surface area (Å²) in [6.07, 6.45) is 6.09. The first-order valence-corrected chi connectivity index (χ1v) is 7.83. The van der Waals surface area contributed by atoms with Gasteiger partial charge in [0.2, 0.25) is 0 Å². The van der Waals surface area contributed by atoms with Crippen molar-refractivity contribution in [2.45, 2.75) is 45.1 Å². The Kier molecular flexibility index (Phi) is 3.95. The van der Waals surface area contributed by atoms with Crippen LogP contribution >= 0.6 is 0 Å². The van der Waals surface area contributed by atoms with Crippen LogP contribution < -0.4 is 10.6 Å². The average molecular weight is 272 g/mol. The number of hydrogen-bond acceptors (Lipinski definition) is 1. The highest BCUT2D eigenvalue weighted by molar-refractivity contribution is 5.74. The molecule has 0 bridgehead atoms. The van der Waals surface area contributed by atoms with E-state index in [2.05, 4.69) is 41.8 Å². The molecule has 108 valence electrons. The van der Waals surface area contributed by atoms with Crippen LogP contribution in [0.4, 0.5) is 4.79 Å². The van der Waals surface area contributed by atoms with Crippen molar-refractivity contribution in [2.75, 3.05) is 6.54 Å². The first-order chi connectivity index (χ1) is 9.74. The van der Waals surface area contributed by atoms with Crippen molar-refractivity contribution in [1.29, 1.82) is 0 Å². The largest absolute Gasteiger partial charge is 0.338 e. The molecule has 0 spiro atoms. The van der Waals surface area contributed by atoms with Crippen molar-refractivity contribution in [3.8, 4) is 0 Å². The molecule has 3 heteroatoms. The van der Waals surface area contributed by atoms with E-state index in [9.17, 15) is 4.79 Å². The molecule has 20 heavy (non-hydrogen) atoms. The van der Waals surface area contributed by atoms with E-state index in [0.29, 0.717) is 12.6 Å². The van der Waals surface area contributed by atoms with Crippen molar-refractivity contribution in [3.05, 3.63) is 35.4 Å². The molecular weight excluding hydrogens is 248 g/mol. The summed E-state index contributed by atoms with van der Waals surface area (Å²) in [6.45, 7) is 2.82. The van der Waals surface area contributed by atoms with Gasteiger partial charge in [-0.15, -0.1) is 0 Å². The molecule has 2 fully saturated rings. The summed E-state index contributed by atoms with van der Waals surface area (Å²) in [5, 5.41) is 6.20. The molecule has 3 rings (SSSR count). The molecule has 2 saturated carbocycles. The van der Waals surface area contributed by atoms with Crippen LogP contribution in [0.25, 0.3) is 0 Å². The van der Waals surface area contributed by atoms with Gasteiger partial charge in [0.1, 0.15) is 0 Å². The summed E-state index contributed by atoms with van der Waals surface area (Å²) in [7, 11) is 0. The Morgan fingerprint density at radius 2 is 1.85 bits per heavy atom. The number of aryl methyl sites for hydroxylation is 1. The fraction of sp³-hybridized carbons (Fsp3) is 0.588. The SMILES string of the molecule is Cc1ccccc1CCNC(=O)NC(C1CC1)C1CC1. The van der Waals surface area contributed by atoms with Crippen molar-refractivity contribution < 1.29 is 4.79 Å². The van der Waals surface area contributed by atoms with Gasteiger partial charge in [-0.2, -0.15) is 0 Å². The van der Waals surface area contributed by atoms with E-state index >= 15 is 0 Å². The second kappa shape index (κ2) is 5.86. The maximum atomic E-state index is 12.0. The van der Waals surface area contributed by atoms with Crippen molar-refractivity contribution in [1.82, 2.24) is 10.6 Å². The maximum Gasteiger partial charge on any atom is 0.315 e. The zero-order chi connectivity index (χ0) is 13.9. The molecule has 0 aliphatic heterocycles. The normalized spacial score (nSPS) is 18.1. The lowest BCUT2D eigenvalue weighted by atomic mass is 10.1. The van der Waals surface area contributed by atoms with Gasteiger partial charge >= 0.3 is 6.03 Å². The van der Waals surface area contributed by atoms with Crippen LogP contribution in [0.1, 0.15) is 36.8 Å². The van der Waals surface area contributed by atoms with Gasteiger partial charge in [0.25, 0.3) is 0 Å². The summed E-state index contributed by atoms with van der Waals surface area (Å²) < 4.78 is 0. The van der Waals surface area contributed by atoms with Gasteiger partial charge in [-0.3, -0.25) is 0 Å². The van der Waals surface area contributed by atoms with Gasteiger partial charge in [0, 0.05) is 12.6 Å². The quantitative estimate of drug-likeness (QED) is 0.821. The molecule has 2 aliphatic carbocycles. The number of nitrogens with one attached hydrogen (secondary N) is 2. The zero-order valence-electron chi connectivity index (χ0n) is 12.2. The molecule has 0 heterocycles. The lowest BCUT2D eigenvalue weighted by Crippen LogP contribution is -2.44. The van der Waals surface area contributed by atoms with E-state index < -0.39 is 0 Å². The van der Waals surface area contributed by atoms with Gasteiger partial charge in [-0.05, 0) is 62.0 Å². The molecule has 0 radical (unpaired) electrons. The van der Waals surface area contributed by atoms with Crippen LogP contribution in [0.3, 0.4) is 0 Å². The predicted octanol–water partition coefficient (Wildman–Crippen LogP) is 3.03. The highest BCUT2D eigenvalue weighted by atomic mass is 16.2. The van der Waals surface area contributed by atoms with Crippen molar-refractivity contribution in [3.63, 3.8) is 0 Å². The maximum absolute atomic E-state index is 12.0. The first kappa shape index (κ1) is 13.5. The zero-order valence-corrected chi connectivity index (χ0v) is 12.2. The third-order valence-electron chi connectivity index (χ3n) is 4.50. The summed E-state index contributed by atoms with van der Waals surface area (Å²) in [5.74, 6) is 1.51. The molecule has 0 atom stereocenters. The van der Waals surface area contributed by atoms with E-state index in [4.69, 9.17) is 0 Å². The van der Waals surface area contributed by atoms with E-state index in [0.717, 1.165) is 18.3 Å². The molecule has 2 aliphatic rings. The Labute approximate surface area is 121 Å². The van der Waals surface area contributed by atoms with Gasteiger partial charge < -0.3 is 10.6 Å². The number of carbonyl (C=O) groups excluding carboxylic acids is 1. The molecule has 3 nitrogen and oxygen atoms in total. The Hall–Kier alpha value is -1.51. The molecule has 0 saturated heterocycles. The minimum absolute atomic E-state index is 0.0161. The van der Waals surface area contributed by atoms with E-state index in [1.807, 2.05) is 0 Å². The predicted molar refractivity (Wildman–Crippen MR) is 80.7 cm³/mol. The van der Waals surface area contributed by atoms with Crippen LogP contribution in [0.5, 0.6) is 0 Å². The van der Waals surface area contributed by atoms with Crippen LogP contribution in [-0.2, 0) is 6.42 Å². The Morgan fingerprint density at radius 3 is 2.45 bits per heavy atom. The topological polar surface area (TPSA) is 41.1 Å². The summed E-state index contributed by atoms with van der Waals surface area (Å²) in [4.78, 5) is 12.0. The Balaban J connectivity index is 1.41. The fourth-order valence-electron chi connectivity index (χ4n) is 2.93. The summed E-state index contributed by atoms with van der Waals surface area (Å²) in [5.41, 5.74) is 2.61. The molecule has 0 aromatic heterocycles. The molecule has 1 aromatic rings. The number of benzene rings is 1. The molecule has 0 unspecified atom stereocenters. The van der Waals surface area contributed by atoms with Gasteiger partial charge in [0.15, 0.2) is 0 Å². The molecular formula is C17H24N2O. The van der Waals surface area contributed by atoms with Gasteiger partial charge in [-0.1, -0.05) is 24.3 Å². The van der Waals surface area contributed by atoms with Crippen LogP contribution in [0, 0.1) is 18.8 Å². The smallest absolute Gasteiger partial charge is 0.315 e. The van der Waals surface area contributed by atoms with E-state index in [1.54, 1.807) is 0 Å². The fourth-order valence-corrected chi connectivity index (χ4v) is 2.93. The highest BCUT2D eigenvalue weighted by Gasteiger charge is 2.42. The lowest BCUT2D eigenvalue weighted by Gasteiger charge is -2.18. The molecule has 1 aromatic carbocycles. The summed E-state index contributed by atoms with van der Waals surface area (Å²) >= 11 is 0. The summed E-state index contributed by atoms with van der Waals surface area (Å²) in [6, 6.07) is 8.81. The van der Waals surface area contributed by atoms with Crippen LogP contribution in [-0.4, -0.2) is 18.6 Å². The third-order valence-corrected chi connectivity index (χ3v) is 4.50. The van der Waals surface area contributed by atoms with Crippen LogP contribution in [0.2, 0.25) is 0 Å². The number of hydrogen-bond donors (Lipinski definition) is 2. The highest BCUT2D eigenvalue weighted by Crippen LogP contribution is 2.44. The Morgan fingerprint density at radius 1 is 1.20 bits per heavy atom. The first-order valence-electron chi connectivity index (χ1n) is 7.83. The van der Waals surface area contributed by atoms with Crippen molar-refractivity contribution >= 4 is 6.03 Å². The average Bonchev–Trinajstić information content (AvgIpc) is 3.30. The third kappa shape index (κ3) is 3.53. The Bertz CT molecular complexity index is 466. The second-order valence-electron chi connectivity index (χ2n) is 6.28. The van der Waals surface area contributed by atoms with Gasteiger partial charge in [0.05, 0.1) is 0 Å². The molecule has 2 N–H and O–H groups in total. The van der Waals surface area contributed by atoms with Gasteiger partial charge in [-0.25, -0.2) is 4.79 Å². The van der Waals surface area contributed by atoms with E-state index in [1.165, 1.54) is 36.8 Å². The minimum atomic E-state index is 0.0161. The monoisotopic (exact) mass is 272 g/mol. The van der Waals surface area contributed by atoms with Crippen LogP contribution in [0.15, 0.2) is 24.3 Å². The lowest BCUT2D eigenvalue weighted by molar-refractivity contribution is 0.233. The van der Waals surface area contributed by atoms with Crippen molar-refractivity contribution in [2.24, 2.45) is 11.8 Å². The second-order valence-corrected chi connectivity index (χ2v) is 6.28. The minimum Gasteiger partial charge on any atom is -0.338 e.